The number of hydrogen-bond acceptors (Lipinski definition) is 12. The van der Waals surface area contributed by atoms with Crippen LogP contribution in [0.2, 0.25) is 0 Å². The van der Waals surface area contributed by atoms with Crippen molar-refractivity contribution in [1.82, 2.24) is 4.90 Å². The van der Waals surface area contributed by atoms with Crippen LogP contribution in [0.4, 0.5) is 0 Å². The lowest BCUT2D eigenvalue weighted by atomic mass is 9.76. The second kappa shape index (κ2) is 19.9. The molecule has 0 amide bonds. The zero-order valence-electron chi connectivity index (χ0n) is 37.5. The second-order valence-corrected chi connectivity index (χ2v) is 18.4. The molecular weight excluding hydrogens is 706 g/mol. The zero-order valence-corrected chi connectivity index (χ0v) is 37.5. The van der Waals surface area contributed by atoms with Gasteiger partial charge in [0.1, 0.15) is 23.9 Å². The first-order chi connectivity index (χ1) is 25.6. The standard InChI is InChI=1S/C43H81NO11/c1-18-32-29(9)44(14)23-25(5)21-42(12,49-16)38(55-40-35(45)31(24(3)4)20-26(6)51-40)27(7)36(28(8)39(47)53-33(19-2)43(32,13)50-17)54-34-22-41(11,48-15)37(46)30(10)52-34/h24-38,40,45-46H,18-23H2,1-17H3/t25-,26+,27-,28+,29+,30+,31+,32+,33+,34?,35+,36-,37-,38+,40-,41+,42+,43-/m0/s1. The minimum atomic E-state index is -0.949. The number of nitrogens with zero attached hydrogens (tertiary/aromatic N) is 1. The average Bonchev–Trinajstić information content (AvgIpc) is 3.13. The summed E-state index contributed by atoms with van der Waals surface area (Å²) in [5.41, 5.74) is -2.64. The molecule has 3 saturated heterocycles. The fourth-order valence-corrected chi connectivity index (χ4v) is 10.2. The van der Waals surface area contributed by atoms with Crippen molar-refractivity contribution in [2.75, 3.05) is 34.9 Å². The van der Waals surface area contributed by atoms with Crippen molar-refractivity contribution in [3.8, 4) is 0 Å². The summed E-state index contributed by atoms with van der Waals surface area (Å²) in [6, 6.07) is 0.0969. The minimum Gasteiger partial charge on any atom is -0.459 e. The summed E-state index contributed by atoms with van der Waals surface area (Å²) in [6.07, 6.45) is -3.41. The van der Waals surface area contributed by atoms with Gasteiger partial charge in [0, 0.05) is 52.2 Å². The number of esters is 1. The van der Waals surface area contributed by atoms with Crippen LogP contribution in [-0.4, -0.2) is 134 Å². The van der Waals surface area contributed by atoms with Gasteiger partial charge < -0.3 is 53.0 Å². The molecule has 0 bridgehead atoms. The molecule has 0 aromatic carbocycles. The highest BCUT2D eigenvalue weighted by Gasteiger charge is 2.53. The van der Waals surface area contributed by atoms with Crippen LogP contribution in [0.1, 0.15) is 122 Å². The molecule has 55 heavy (non-hydrogen) atoms. The third-order valence-corrected chi connectivity index (χ3v) is 14.1. The van der Waals surface area contributed by atoms with Crippen LogP contribution in [0.5, 0.6) is 0 Å². The number of methoxy groups -OCH3 is 3. The van der Waals surface area contributed by atoms with Gasteiger partial charge in [0.15, 0.2) is 12.6 Å². The number of carbonyl (C=O) groups excluding carboxylic acids is 1. The third-order valence-electron chi connectivity index (χ3n) is 14.1. The van der Waals surface area contributed by atoms with Gasteiger partial charge in [-0.25, -0.2) is 0 Å². The van der Waals surface area contributed by atoms with Gasteiger partial charge in [0.05, 0.1) is 41.5 Å². The number of carbonyl (C=O) groups is 1. The molecule has 1 unspecified atom stereocenters. The second-order valence-electron chi connectivity index (χ2n) is 18.4. The molecule has 324 valence electrons. The van der Waals surface area contributed by atoms with E-state index in [1.165, 1.54) is 0 Å². The van der Waals surface area contributed by atoms with E-state index in [0.29, 0.717) is 12.8 Å². The molecule has 0 aromatic heterocycles. The van der Waals surface area contributed by atoms with Crippen LogP contribution in [0, 0.1) is 35.5 Å². The SMILES string of the molecule is CC[C@@H]1[C@@H](C)N(C)C[C@@H](C)C[C@@](C)(OC)[C@H](O[C@@H]2O[C@H](C)C[C@H](C(C)C)[C@H]2O)[C@@H](C)[C@H](OC2C[C@@](C)(OC)[C@@H](O)[C@@H](C)O2)[C@@H](C)C(=O)O[C@H](CC)[C@@]1(C)OC. The highest BCUT2D eigenvalue weighted by Crippen LogP contribution is 2.43. The van der Waals surface area contributed by atoms with Crippen molar-refractivity contribution in [3.63, 3.8) is 0 Å². The van der Waals surface area contributed by atoms with Gasteiger partial charge in [-0.05, 0) is 99.0 Å². The maximum absolute atomic E-state index is 14.6. The van der Waals surface area contributed by atoms with Crippen molar-refractivity contribution >= 4 is 5.97 Å². The van der Waals surface area contributed by atoms with Gasteiger partial charge in [-0.1, -0.05) is 41.5 Å². The van der Waals surface area contributed by atoms with Crippen LogP contribution in [0.15, 0.2) is 0 Å². The highest BCUT2D eigenvalue weighted by molar-refractivity contribution is 5.73. The Kier molecular flexibility index (Phi) is 17.5. The highest BCUT2D eigenvalue weighted by atomic mass is 16.7. The Bertz CT molecular complexity index is 1190. The number of rotatable bonds is 10. The lowest BCUT2D eigenvalue weighted by molar-refractivity contribution is -0.321. The number of aliphatic hydroxyl groups is 2. The Labute approximate surface area is 333 Å². The van der Waals surface area contributed by atoms with E-state index in [1.807, 2.05) is 41.5 Å². The maximum atomic E-state index is 14.6. The first kappa shape index (κ1) is 48.4. The molecule has 3 aliphatic heterocycles. The molecule has 2 N–H and O–H groups in total. The maximum Gasteiger partial charge on any atom is 0.311 e. The molecule has 0 radical (unpaired) electrons. The lowest BCUT2D eigenvalue weighted by Gasteiger charge is -2.49. The Balaban J connectivity index is 2.25. The van der Waals surface area contributed by atoms with Gasteiger partial charge in [-0.3, -0.25) is 4.79 Å². The average molecular weight is 788 g/mol. The summed E-state index contributed by atoms with van der Waals surface area (Å²) in [7, 11) is 7.12. The molecule has 3 heterocycles. The minimum absolute atomic E-state index is 0.0296. The normalized spacial score (nSPS) is 47.6. The van der Waals surface area contributed by atoms with Gasteiger partial charge in [0.25, 0.3) is 0 Å². The molecule has 12 heteroatoms. The van der Waals surface area contributed by atoms with Crippen LogP contribution >= 0.6 is 0 Å². The predicted octanol–water partition coefficient (Wildman–Crippen LogP) is 6.22. The van der Waals surface area contributed by atoms with Crippen molar-refractivity contribution in [3.05, 3.63) is 0 Å². The van der Waals surface area contributed by atoms with Crippen molar-refractivity contribution in [2.24, 2.45) is 35.5 Å². The van der Waals surface area contributed by atoms with E-state index in [0.717, 1.165) is 19.4 Å². The van der Waals surface area contributed by atoms with Gasteiger partial charge in [0.2, 0.25) is 0 Å². The van der Waals surface area contributed by atoms with E-state index < -0.39 is 83.8 Å². The molecule has 3 aliphatic rings. The van der Waals surface area contributed by atoms with E-state index in [4.69, 9.17) is 37.9 Å². The monoisotopic (exact) mass is 788 g/mol. The Morgan fingerprint density at radius 2 is 1.49 bits per heavy atom. The number of hydrogen-bond donors (Lipinski definition) is 2. The molecule has 0 saturated carbocycles. The first-order valence-corrected chi connectivity index (χ1v) is 21.1. The summed E-state index contributed by atoms with van der Waals surface area (Å²) in [5.74, 6) is -1.39. The Hall–Kier alpha value is -0.930. The lowest BCUT2D eigenvalue weighted by Crippen LogP contribution is -2.60. The molecule has 3 fully saturated rings. The Morgan fingerprint density at radius 3 is 2.02 bits per heavy atom. The summed E-state index contributed by atoms with van der Waals surface area (Å²) in [4.78, 5) is 17.0. The van der Waals surface area contributed by atoms with E-state index in [1.54, 1.807) is 28.3 Å². The molecule has 3 rings (SSSR count). The van der Waals surface area contributed by atoms with Gasteiger partial charge in [-0.2, -0.15) is 0 Å². The summed E-state index contributed by atoms with van der Waals surface area (Å²) in [6.45, 7) is 27.2. The molecule has 12 nitrogen and oxygen atoms in total. The third kappa shape index (κ3) is 10.6. The first-order valence-electron chi connectivity index (χ1n) is 21.1. The number of cyclic esters (lactones) is 1. The number of aliphatic hydroxyl groups excluding tert-OH is 2. The molecule has 0 spiro atoms. The molecule has 0 aliphatic carbocycles. The number of ether oxygens (including phenoxy) is 8. The van der Waals surface area contributed by atoms with Gasteiger partial charge in [-0.15, -0.1) is 0 Å². The van der Waals surface area contributed by atoms with Crippen molar-refractivity contribution < 1.29 is 52.9 Å². The van der Waals surface area contributed by atoms with E-state index in [-0.39, 0.29) is 42.2 Å². The summed E-state index contributed by atoms with van der Waals surface area (Å²) in [5, 5.41) is 22.8. The van der Waals surface area contributed by atoms with Crippen LogP contribution < -0.4 is 0 Å². The predicted molar refractivity (Wildman–Crippen MR) is 212 cm³/mol. The fraction of sp³-hybridized carbons (Fsp3) is 0.977. The van der Waals surface area contributed by atoms with Crippen molar-refractivity contribution in [1.29, 1.82) is 0 Å². The fourth-order valence-electron chi connectivity index (χ4n) is 10.2. The van der Waals surface area contributed by atoms with E-state index in [2.05, 4.69) is 53.5 Å². The summed E-state index contributed by atoms with van der Waals surface area (Å²) < 4.78 is 51.9. The van der Waals surface area contributed by atoms with Crippen LogP contribution in [-0.2, 0) is 42.7 Å². The summed E-state index contributed by atoms with van der Waals surface area (Å²) >= 11 is 0. The quantitative estimate of drug-likeness (QED) is 0.244. The largest absolute Gasteiger partial charge is 0.459 e. The van der Waals surface area contributed by atoms with Crippen molar-refractivity contribution in [2.45, 2.75) is 200 Å². The van der Waals surface area contributed by atoms with Gasteiger partial charge >= 0.3 is 5.97 Å². The topological polar surface area (TPSA) is 135 Å². The molecule has 18 atom stereocenters. The molecule has 0 aromatic rings. The zero-order chi connectivity index (χ0) is 41.8. The van der Waals surface area contributed by atoms with E-state index >= 15 is 0 Å². The smallest absolute Gasteiger partial charge is 0.311 e. The van der Waals surface area contributed by atoms with Crippen LogP contribution in [0.25, 0.3) is 0 Å². The Morgan fingerprint density at radius 1 is 0.873 bits per heavy atom. The molecular formula is C43H81NO11. The van der Waals surface area contributed by atoms with E-state index in [9.17, 15) is 15.0 Å². The van der Waals surface area contributed by atoms with Crippen LogP contribution in [0.3, 0.4) is 0 Å².